The SMILES string of the molecule is CCC1CCC(Nc2cc(S(N)(=O)=O)ccc2OC)C1. The van der Waals surface area contributed by atoms with Gasteiger partial charge in [-0.25, -0.2) is 13.6 Å². The maximum Gasteiger partial charge on any atom is 0.238 e. The summed E-state index contributed by atoms with van der Waals surface area (Å²) in [6.07, 6.45) is 4.61. The lowest BCUT2D eigenvalue weighted by Crippen LogP contribution is -2.17. The molecule has 0 bridgehead atoms. The fourth-order valence-corrected chi connectivity index (χ4v) is 3.31. The van der Waals surface area contributed by atoms with Gasteiger partial charge in [-0.15, -0.1) is 0 Å². The number of anilines is 1. The monoisotopic (exact) mass is 298 g/mol. The molecule has 2 atom stereocenters. The molecule has 0 radical (unpaired) electrons. The van der Waals surface area contributed by atoms with Crippen molar-refractivity contribution in [3.05, 3.63) is 18.2 Å². The zero-order valence-corrected chi connectivity index (χ0v) is 12.7. The van der Waals surface area contributed by atoms with Crippen molar-refractivity contribution in [3.63, 3.8) is 0 Å². The van der Waals surface area contributed by atoms with Gasteiger partial charge in [0.1, 0.15) is 5.75 Å². The predicted octanol–water partition coefficient (Wildman–Crippen LogP) is 2.33. The van der Waals surface area contributed by atoms with Gasteiger partial charge in [0, 0.05) is 6.04 Å². The van der Waals surface area contributed by atoms with Crippen LogP contribution in [-0.4, -0.2) is 21.6 Å². The van der Waals surface area contributed by atoms with Crippen LogP contribution in [-0.2, 0) is 10.0 Å². The number of methoxy groups -OCH3 is 1. The smallest absolute Gasteiger partial charge is 0.238 e. The molecule has 20 heavy (non-hydrogen) atoms. The van der Waals surface area contributed by atoms with E-state index in [0.29, 0.717) is 17.5 Å². The van der Waals surface area contributed by atoms with Gasteiger partial charge in [0.2, 0.25) is 10.0 Å². The third-order valence-corrected chi connectivity index (χ3v) is 4.89. The summed E-state index contributed by atoms with van der Waals surface area (Å²) in [6, 6.07) is 5.01. The van der Waals surface area contributed by atoms with Crippen molar-refractivity contribution in [1.29, 1.82) is 0 Å². The van der Waals surface area contributed by atoms with Crippen molar-refractivity contribution in [1.82, 2.24) is 0 Å². The summed E-state index contributed by atoms with van der Waals surface area (Å²) >= 11 is 0. The molecule has 6 heteroatoms. The quantitative estimate of drug-likeness (QED) is 0.874. The van der Waals surface area contributed by atoms with Crippen LogP contribution in [0.2, 0.25) is 0 Å². The van der Waals surface area contributed by atoms with E-state index in [2.05, 4.69) is 12.2 Å². The standard InChI is InChI=1S/C14H22N2O3S/c1-3-10-4-5-11(8-10)16-13-9-12(20(15,17)18)6-7-14(13)19-2/h6-7,9-11,16H,3-5,8H2,1-2H3,(H2,15,17,18). The summed E-state index contributed by atoms with van der Waals surface area (Å²) in [5.41, 5.74) is 0.695. The Bertz CT molecular complexity index is 572. The summed E-state index contributed by atoms with van der Waals surface area (Å²) in [6.45, 7) is 2.20. The third kappa shape index (κ3) is 3.43. The number of hydrogen-bond acceptors (Lipinski definition) is 4. The molecular formula is C14H22N2O3S. The number of benzene rings is 1. The summed E-state index contributed by atoms with van der Waals surface area (Å²) in [5.74, 6) is 1.39. The number of rotatable bonds is 5. The van der Waals surface area contributed by atoms with E-state index < -0.39 is 10.0 Å². The second kappa shape index (κ2) is 6.01. The lowest BCUT2D eigenvalue weighted by atomic mass is 10.1. The molecule has 0 spiro atoms. The molecular weight excluding hydrogens is 276 g/mol. The minimum atomic E-state index is -3.69. The van der Waals surface area contributed by atoms with Crippen molar-refractivity contribution in [2.45, 2.75) is 43.5 Å². The molecule has 1 saturated carbocycles. The molecule has 112 valence electrons. The molecule has 0 amide bonds. The second-order valence-corrected chi connectivity index (χ2v) is 6.90. The largest absolute Gasteiger partial charge is 0.495 e. The van der Waals surface area contributed by atoms with Gasteiger partial charge in [-0.05, 0) is 43.4 Å². The van der Waals surface area contributed by atoms with E-state index >= 15 is 0 Å². The van der Waals surface area contributed by atoms with Crippen molar-refractivity contribution in [2.24, 2.45) is 11.1 Å². The highest BCUT2D eigenvalue weighted by atomic mass is 32.2. The topological polar surface area (TPSA) is 81.4 Å². The number of nitrogens with one attached hydrogen (secondary N) is 1. The van der Waals surface area contributed by atoms with Crippen LogP contribution in [0.3, 0.4) is 0 Å². The highest BCUT2D eigenvalue weighted by Crippen LogP contribution is 2.33. The maximum atomic E-state index is 11.4. The lowest BCUT2D eigenvalue weighted by molar-refractivity contribution is 0.415. The molecule has 0 heterocycles. The molecule has 0 aromatic heterocycles. The summed E-state index contributed by atoms with van der Waals surface area (Å²) in [7, 11) is -2.12. The Balaban J connectivity index is 2.21. The Morgan fingerprint density at radius 3 is 2.70 bits per heavy atom. The number of nitrogens with two attached hydrogens (primary N) is 1. The summed E-state index contributed by atoms with van der Waals surface area (Å²) in [5, 5.41) is 8.56. The van der Waals surface area contributed by atoms with Crippen LogP contribution < -0.4 is 15.2 Å². The number of primary sulfonamides is 1. The van der Waals surface area contributed by atoms with E-state index in [1.807, 2.05) is 0 Å². The Labute approximate surface area is 120 Å². The lowest BCUT2D eigenvalue weighted by Gasteiger charge is -2.17. The van der Waals surface area contributed by atoms with E-state index in [4.69, 9.17) is 9.88 Å². The molecule has 0 aliphatic heterocycles. The molecule has 1 fully saturated rings. The molecule has 0 saturated heterocycles. The molecule has 1 aliphatic carbocycles. The Morgan fingerprint density at radius 2 is 2.15 bits per heavy atom. The van der Waals surface area contributed by atoms with Crippen LogP contribution in [0.5, 0.6) is 5.75 Å². The number of sulfonamides is 1. The van der Waals surface area contributed by atoms with Gasteiger partial charge < -0.3 is 10.1 Å². The third-order valence-electron chi connectivity index (χ3n) is 3.98. The Kier molecular flexibility index (Phi) is 4.55. The first kappa shape index (κ1) is 15.1. The second-order valence-electron chi connectivity index (χ2n) is 5.34. The fraction of sp³-hybridized carbons (Fsp3) is 0.571. The van der Waals surface area contributed by atoms with Gasteiger partial charge in [0.25, 0.3) is 0 Å². The Hall–Kier alpha value is -1.27. The maximum absolute atomic E-state index is 11.4. The van der Waals surface area contributed by atoms with Gasteiger partial charge >= 0.3 is 0 Å². The van der Waals surface area contributed by atoms with Crippen LogP contribution in [0.4, 0.5) is 5.69 Å². The highest BCUT2D eigenvalue weighted by molar-refractivity contribution is 7.89. The van der Waals surface area contributed by atoms with Crippen molar-refractivity contribution in [2.75, 3.05) is 12.4 Å². The van der Waals surface area contributed by atoms with Crippen molar-refractivity contribution in [3.8, 4) is 5.75 Å². The van der Waals surface area contributed by atoms with Crippen LogP contribution in [0, 0.1) is 5.92 Å². The van der Waals surface area contributed by atoms with E-state index in [9.17, 15) is 8.42 Å². The molecule has 2 rings (SSSR count). The average Bonchev–Trinajstić information content (AvgIpc) is 2.85. The van der Waals surface area contributed by atoms with Gasteiger partial charge in [-0.2, -0.15) is 0 Å². The summed E-state index contributed by atoms with van der Waals surface area (Å²) < 4.78 is 28.1. The molecule has 1 aliphatic rings. The molecule has 1 aromatic rings. The normalized spacial score (nSPS) is 22.8. The number of ether oxygens (including phenoxy) is 1. The van der Waals surface area contributed by atoms with E-state index in [-0.39, 0.29) is 4.90 Å². The molecule has 3 N–H and O–H groups in total. The van der Waals surface area contributed by atoms with Gasteiger partial charge in [-0.1, -0.05) is 13.3 Å². The van der Waals surface area contributed by atoms with Gasteiger partial charge in [0.05, 0.1) is 17.7 Å². The zero-order chi connectivity index (χ0) is 14.8. The molecule has 5 nitrogen and oxygen atoms in total. The first-order valence-corrected chi connectivity index (χ1v) is 8.46. The van der Waals surface area contributed by atoms with Crippen LogP contribution in [0.25, 0.3) is 0 Å². The summed E-state index contributed by atoms with van der Waals surface area (Å²) in [4.78, 5) is 0.103. The highest BCUT2D eigenvalue weighted by Gasteiger charge is 2.24. The van der Waals surface area contributed by atoms with Gasteiger partial charge in [-0.3, -0.25) is 0 Å². The zero-order valence-electron chi connectivity index (χ0n) is 11.9. The first-order chi connectivity index (χ1) is 9.44. The van der Waals surface area contributed by atoms with Gasteiger partial charge in [0.15, 0.2) is 0 Å². The van der Waals surface area contributed by atoms with E-state index in [1.54, 1.807) is 19.2 Å². The predicted molar refractivity (Wildman–Crippen MR) is 79.4 cm³/mol. The van der Waals surface area contributed by atoms with Crippen molar-refractivity contribution < 1.29 is 13.2 Å². The molecule has 1 aromatic carbocycles. The van der Waals surface area contributed by atoms with Crippen LogP contribution in [0.15, 0.2) is 23.1 Å². The molecule has 2 unspecified atom stereocenters. The Morgan fingerprint density at radius 1 is 1.40 bits per heavy atom. The first-order valence-electron chi connectivity index (χ1n) is 6.91. The van der Waals surface area contributed by atoms with Crippen LogP contribution in [0.1, 0.15) is 32.6 Å². The van der Waals surface area contributed by atoms with E-state index in [1.165, 1.54) is 18.9 Å². The fourth-order valence-electron chi connectivity index (χ4n) is 2.77. The van der Waals surface area contributed by atoms with Crippen LogP contribution >= 0.6 is 0 Å². The number of hydrogen-bond donors (Lipinski definition) is 2. The van der Waals surface area contributed by atoms with Crippen molar-refractivity contribution >= 4 is 15.7 Å². The minimum absolute atomic E-state index is 0.103. The average molecular weight is 298 g/mol. The van der Waals surface area contributed by atoms with E-state index in [0.717, 1.165) is 18.8 Å². The minimum Gasteiger partial charge on any atom is -0.495 e.